The molecule has 1 aliphatic heterocycles. The summed E-state index contributed by atoms with van der Waals surface area (Å²) in [6.07, 6.45) is 9.61. The molecular formula is C63H78BN2. The third kappa shape index (κ3) is 6.32. The molecule has 3 heteroatoms. The van der Waals surface area contributed by atoms with Crippen molar-refractivity contribution in [3.8, 4) is 16.8 Å². The van der Waals surface area contributed by atoms with Crippen LogP contribution in [-0.2, 0) is 43.3 Å². The van der Waals surface area contributed by atoms with E-state index in [1.807, 2.05) is 0 Å². The van der Waals surface area contributed by atoms with Crippen molar-refractivity contribution in [2.24, 2.45) is 0 Å². The molecule has 1 N–H and O–H groups in total. The van der Waals surface area contributed by atoms with Gasteiger partial charge in [0.25, 0.3) is 0 Å². The molecule has 0 saturated carbocycles. The molecule has 1 radical (unpaired) electrons. The van der Waals surface area contributed by atoms with Crippen LogP contribution in [0.2, 0.25) is 0 Å². The zero-order chi connectivity index (χ0) is 47.3. The molecule has 0 bridgehead atoms. The molecule has 2 heterocycles. The minimum absolute atomic E-state index is 0.0667. The van der Waals surface area contributed by atoms with Crippen LogP contribution >= 0.6 is 0 Å². The van der Waals surface area contributed by atoms with E-state index in [9.17, 15) is 0 Å². The third-order valence-electron chi connectivity index (χ3n) is 19.2. The van der Waals surface area contributed by atoms with E-state index in [4.69, 9.17) is 0 Å². The molecule has 2 nitrogen and oxygen atoms in total. The van der Waals surface area contributed by atoms with Crippen molar-refractivity contribution < 1.29 is 0 Å². The lowest BCUT2D eigenvalue weighted by atomic mass is 9.55. The molecule has 343 valence electrons. The predicted molar refractivity (Wildman–Crippen MR) is 287 cm³/mol. The molecule has 0 saturated heterocycles. The molecule has 0 spiro atoms. The molecule has 0 amide bonds. The Kier molecular flexibility index (Phi) is 9.06. The number of hydrogen-bond acceptors (Lipinski definition) is 1. The maximum Gasteiger partial charge on any atom is 0.197 e. The second kappa shape index (κ2) is 13.5. The fraction of sp³-hybridized carbons (Fsp3) is 0.524. The number of benzene rings is 5. The van der Waals surface area contributed by atoms with Crippen LogP contribution < -0.4 is 16.2 Å². The fourth-order valence-electron chi connectivity index (χ4n) is 14.0. The van der Waals surface area contributed by atoms with Crippen LogP contribution in [0, 0.1) is 6.92 Å². The summed E-state index contributed by atoms with van der Waals surface area (Å²) in [5.74, 6) is 0. The number of anilines is 2. The minimum Gasteiger partial charge on any atom is -0.355 e. The van der Waals surface area contributed by atoms with Crippen molar-refractivity contribution in [3.63, 3.8) is 0 Å². The second-order valence-electron chi connectivity index (χ2n) is 27.6. The molecule has 66 heavy (non-hydrogen) atoms. The number of rotatable bonds is 3. The zero-order valence-corrected chi connectivity index (χ0v) is 44.0. The van der Waals surface area contributed by atoms with Gasteiger partial charge >= 0.3 is 0 Å². The predicted octanol–water partition coefficient (Wildman–Crippen LogP) is 15.9. The lowest BCUT2D eigenvalue weighted by Crippen LogP contribution is -2.41. The van der Waals surface area contributed by atoms with Crippen LogP contribution in [0.4, 0.5) is 11.4 Å². The highest BCUT2D eigenvalue weighted by Crippen LogP contribution is 2.54. The lowest BCUT2D eigenvalue weighted by molar-refractivity contribution is 0.332. The normalized spacial score (nSPS) is 22.6. The van der Waals surface area contributed by atoms with Gasteiger partial charge in [0.05, 0.1) is 5.52 Å². The molecule has 0 unspecified atom stereocenters. The maximum atomic E-state index is 4.19. The molecule has 5 aliphatic rings. The zero-order valence-electron chi connectivity index (χ0n) is 44.0. The van der Waals surface area contributed by atoms with Crippen LogP contribution in [0.1, 0.15) is 212 Å². The Labute approximate surface area is 399 Å². The Morgan fingerprint density at radius 1 is 0.439 bits per heavy atom. The first-order valence-corrected chi connectivity index (χ1v) is 25.9. The van der Waals surface area contributed by atoms with Gasteiger partial charge in [-0.1, -0.05) is 134 Å². The summed E-state index contributed by atoms with van der Waals surface area (Å²) in [7, 11) is 2.61. The van der Waals surface area contributed by atoms with E-state index < -0.39 is 0 Å². The van der Waals surface area contributed by atoms with E-state index in [0.717, 1.165) is 0 Å². The molecule has 1 aromatic heterocycles. The van der Waals surface area contributed by atoms with Crippen LogP contribution in [-0.4, -0.2) is 11.8 Å². The average Bonchev–Trinajstić information content (AvgIpc) is 3.58. The average molecular weight is 874 g/mol. The molecular weight excluding hydrogens is 796 g/mol. The first-order valence-electron chi connectivity index (χ1n) is 25.9. The van der Waals surface area contributed by atoms with Gasteiger partial charge < -0.3 is 9.88 Å². The van der Waals surface area contributed by atoms with Crippen molar-refractivity contribution in [1.29, 1.82) is 0 Å². The molecule has 4 aliphatic carbocycles. The highest BCUT2D eigenvalue weighted by atomic mass is 15.0. The number of aromatic nitrogens is 1. The third-order valence-corrected chi connectivity index (χ3v) is 19.2. The van der Waals surface area contributed by atoms with Crippen molar-refractivity contribution >= 4 is 51.4 Å². The largest absolute Gasteiger partial charge is 0.355 e. The van der Waals surface area contributed by atoms with Gasteiger partial charge in [0.2, 0.25) is 0 Å². The summed E-state index contributed by atoms with van der Waals surface area (Å²) in [5.41, 5.74) is 26.2. The van der Waals surface area contributed by atoms with E-state index in [2.05, 4.69) is 196 Å². The smallest absolute Gasteiger partial charge is 0.197 e. The fourth-order valence-corrected chi connectivity index (χ4v) is 14.0. The second-order valence-corrected chi connectivity index (χ2v) is 27.6. The SMILES string of the molecule is Cc1cc(-c2cc3c(cc2Nc2ccc4c(c2)C(C)(C)CCC4(C)C)C(C)(C)CCC3(C)C)c2c3c1c1cc4c(cc1n3-c1cc3c(cc1[B]2)C(C)(C)CCC3(C)C)C(C)(C)CCC4(C)C. The van der Waals surface area contributed by atoms with E-state index >= 15 is 0 Å². The van der Waals surface area contributed by atoms with Crippen molar-refractivity contribution in [1.82, 2.24) is 4.57 Å². The lowest BCUT2D eigenvalue weighted by Gasteiger charge is -2.43. The van der Waals surface area contributed by atoms with Gasteiger partial charge in [-0.25, -0.2) is 0 Å². The van der Waals surface area contributed by atoms with Crippen LogP contribution in [0.15, 0.2) is 60.7 Å². The molecule has 11 rings (SSSR count). The number of aryl methyl sites for hydroxylation is 1. The molecule has 6 aromatic rings. The van der Waals surface area contributed by atoms with Crippen molar-refractivity contribution in [3.05, 3.63) is 111 Å². The van der Waals surface area contributed by atoms with Gasteiger partial charge in [-0.3, -0.25) is 0 Å². The standard InChI is InChI=1S/C63H78BN2/c1-36-28-39(38-30-43-46(61(12,13)25-22-58(43,6)7)33-50(38)65-37-18-19-41-42(29-37)57(4,5)21-20-56(41,2)3)54-55-53(36)40-31-44-47(62(14,15)26-23-59(44,8)9)34-51(40)66(55)52-35-48-45(32-49(52)64-54)60(10,11)24-27-63(48,16)17/h18-19,28-35,65H,20-27H2,1-17H3. The number of nitrogens with one attached hydrogen (secondary N) is 1. The van der Waals surface area contributed by atoms with E-state index in [0.29, 0.717) is 0 Å². The van der Waals surface area contributed by atoms with Gasteiger partial charge in [-0.2, -0.15) is 0 Å². The van der Waals surface area contributed by atoms with E-state index in [1.165, 1.54) is 162 Å². The Balaban J connectivity index is 1.24. The summed E-state index contributed by atoms with van der Waals surface area (Å²) in [4.78, 5) is 0. The molecule has 5 aromatic carbocycles. The van der Waals surface area contributed by atoms with Crippen LogP contribution in [0.3, 0.4) is 0 Å². The Morgan fingerprint density at radius 3 is 1.42 bits per heavy atom. The van der Waals surface area contributed by atoms with Crippen molar-refractivity contribution in [2.45, 2.75) is 212 Å². The maximum absolute atomic E-state index is 4.19. The Bertz CT molecular complexity index is 3100. The summed E-state index contributed by atoms with van der Waals surface area (Å²) < 4.78 is 2.74. The van der Waals surface area contributed by atoms with Gasteiger partial charge in [-0.15, -0.1) is 0 Å². The highest BCUT2D eigenvalue weighted by Gasteiger charge is 2.43. The molecule has 0 atom stereocenters. The number of fused-ring (bicyclic) bond motifs is 9. The van der Waals surface area contributed by atoms with Gasteiger partial charge in [0.15, 0.2) is 7.28 Å². The Morgan fingerprint density at radius 2 is 0.879 bits per heavy atom. The first kappa shape index (κ1) is 44.3. The van der Waals surface area contributed by atoms with Gasteiger partial charge in [0, 0.05) is 38.9 Å². The van der Waals surface area contributed by atoms with E-state index in [-0.39, 0.29) is 43.3 Å². The number of nitrogens with zero attached hydrogens (tertiary/aromatic N) is 1. The van der Waals surface area contributed by atoms with Crippen LogP contribution in [0.25, 0.3) is 38.6 Å². The summed E-state index contributed by atoms with van der Waals surface area (Å²) in [6, 6.07) is 25.7. The summed E-state index contributed by atoms with van der Waals surface area (Å²) in [5, 5.41) is 7.02. The van der Waals surface area contributed by atoms with Crippen molar-refractivity contribution in [2.75, 3.05) is 5.32 Å². The van der Waals surface area contributed by atoms with Gasteiger partial charge in [0.1, 0.15) is 0 Å². The number of hydrogen-bond donors (Lipinski definition) is 1. The monoisotopic (exact) mass is 874 g/mol. The Hall–Kier alpha value is -4.24. The molecule has 0 fully saturated rings. The topological polar surface area (TPSA) is 17.0 Å². The quantitative estimate of drug-likeness (QED) is 0.175. The summed E-state index contributed by atoms with van der Waals surface area (Å²) in [6.45, 7) is 42.0. The van der Waals surface area contributed by atoms with Crippen LogP contribution in [0.5, 0.6) is 0 Å². The van der Waals surface area contributed by atoms with E-state index in [1.54, 1.807) is 0 Å². The van der Waals surface area contributed by atoms with Gasteiger partial charge in [-0.05, 0) is 205 Å². The minimum atomic E-state index is 0.0667. The summed E-state index contributed by atoms with van der Waals surface area (Å²) >= 11 is 0. The highest BCUT2D eigenvalue weighted by molar-refractivity contribution is 6.73. The first-order chi connectivity index (χ1) is 30.5.